The largest absolute Gasteiger partial charge is 0.299 e. The first-order chi connectivity index (χ1) is 9.03. The Morgan fingerprint density at radius 2 is 2.00 bits per heavy atom. The minimum atomic E-state index is -3.37. The molecule has 106 valence electrons. The fourth-order valence-electron chi connectivity index (χ4n) is 2.55. The number of likely N-dealkylation sites (tertiary alicyclic amines) is 1. The standard InChI is InChI=1S/C14H22N2O2S/c1-3-16-10-4-5-13(16)11-15-19(17,18)14-8-6-12(2)7-9-14/h6-9,13,15H,3-5,10-11H2,1-2H3. The van der Waals surface area contributed by atoms with Crippen molar-refractivity contribution < 1.29 is 8.42 Å². The molecule has 0 spiro atoms. The maximum Gasteiger partial charge on any atom is 0.240 e. The minimum absolute atomic E-state index is 0.338. The maximum atomic E-state index is 12.2. The second kappa shape index (κ2) is 6.03. The van der Waals surface area contributed by atoms with E-state index in [9.17, 15) is 8.42 Å². The average Bonchev–Trinajstić information content (AvgIpc) is 2.84. The third-order valence-corrected chi connectivity index (χ3v) is 5.18. The molecule has 1 aromatic rings. The molecule has 1 aliphatic rings. The van der Waals surface area contributed by atoms with E-state index in [4.69, 9.17) is 0 Å². The highest BCUT2D eigenvalue weighted by Crippen LogP contribution is 2.17. The number of nitrogens with zero attached hydrogens (tertiary/aromatic N) is 1. The first kappa shape index (κ1) is 14.5. The Balaban J connectivity index is 2.00. The van der Waals surface area contributed by atoms with E-state index in [1.54, 1.807) is 12.1 Å². The van der Waals surface area contributed by atoms with Gasteiger partial charge in [-0.15, -0.1) is 0 Å². The van der Waals surface area contributed by atoms with Gasteiger partial charge in [0.1, 0.15) is 0 Å². The van der Waals surface area contributed by atoms with Crippen molar-refractivity contribution in [1.82, 2.24) is 9.62 Å². The van der Waals surface area contributed by atoms with E-state index < -0.39 is 10.0 Å². The quantitative estimate of drug-likeness (QED) is 0.895. The predicted octanol–water partition coefficient (Wildman–Crippen LogP) is 1.76. The van der Waals surface area contributed by atoms with Gasteiger partial charge in [0.15, 0.2) is 0 Å². The van der Waals surface area contributed by atoms with Crippen LogP contribution in [0.4, 0.5) is 0 Å². The zero-order chi connectivity index (χ0) is 13.9. The lowest BCUT2D eigenvalue weighted by molar-refractivity contribution is 0.268. The first-order valence-corrected chi connectivity index (χ1v) is 8.31. The van der Waals surface area contributed by atoms with Crippen LogP contribution in [0.25, 0.3) is 0 Å². The van der Waals surface area contributed by atoms with E-state index in [1.165, 1.54) is 0 Å². The molecular formula is C14H22N2O2S. The number of sulfonamides is 1. The molecule has 1 aliphatic heterocycles. The molecule has 0 aromatic heterocycles. The summed E-state index contributed by atoms with van der Waals surface area (Å²) in [6.45, 7) is 6.63. The van der Waals surface area contributed by atoms with Gasteiger partial charge >= 0.3 is 0 Å². The van der Waals surface area contributed by atoms with Gasteiger partial charge in [-0.25, -0.2) is 13.1 Å². The van der Waals surface area contributed by atoms with Crippen molar-refractivity contribution in [3.05, 3.63) is 29.8 Å². The first-order valence-electron chi connectivity index (χ1n) is 6.83. The molecule has 1 unspecified atom stereocenters. The number of hydrogen-bond acceptors (Lipinski definition) is 3. The third-order valence-electron chi connectivity index (χ3n) is 3.75. The highest BCUT2D eigenvalue weighted by molar-refractivity contribution is 7.89. The van der Waals surface area contributed by atoms with Crippen molar-refractivity contribution in [2.24, 2.45) is 0 Å². The summed E-state index contributed by atoms with van der Waals surface area (Å²) in [5.74, 6) is 0. The predicted molar refractivity (Wildman–Crippen MR) is 76.6 cm³/mol. The van der Waals surface area contributed by atoms with Crippen molar-refractivity contribution in [3.63, 3.8) is 0 Å². The average molecular weight is 282 g/mol. The number of rotatable bonds is 5. The molecule has 0 bridgehead atoms. The SMILES string of the molecule is CCN1CCCC1CNS(=O)(=O)c1ccc(C)cc1. The zero-order valence-corrected chi connectivity index (χ0v) is 12.4. The Morgan fingerprint density at radius 3 is 2.63 bits per heavy atom. The van der Waals surface area contributed by atoms with Gasteiger partial charge in [-0.1, -0.05) is 24.6 Å². The van der Waals surface area contributed by atoms with Gasteiger partial charge in [0.05, 0.1) is 4.90 Å². The molecule has 1 atom stereocenters. The summed E-state index contributed by atoms with van der Waals surface area (Å²) in [7, 11) is -3.37. The topological polar surface area (TPSA) is 49.4 Å². The summed E-state index contributed by atoms with van der Waals surface area (Å²) in [6, 6.07) is 7.30. The van der Waals surface area contributed by atoms with E-state index in [-0.39, 0.29) is 0 Å². The lowest BCUT2D eigenvalue weighted by Crippen LogP contribution is -2.39. The van der Waals surface area contributed by atoms with Crippen molar-refractivity contribution in [2.45, 2.75) is 37.6 Å². The van der Waals surface area contributed by atoms with E-state index in [0.29, 0.717) is 17.5 Å². The summed E-state index contributed by atoms with van der Waals surface area (Å²) in [6.07, 6.45) is 2.23. The number of aryl methyl sites for hydroxylation is 1. The van der Waals surface area contributed by atoms with Crippen LogP contribution < -0.4 is 4.72 Å². The van der Waals surface area contributed by atoms with Crippen molar-refractivity contribution in [3.8, 4) is 0 Å². The molecule has 0 saturated carbocycles. The molecule has 1 N–H and O–H groups in total. The molecule has 1 fully saturated rings. The number of benzene rings is 1. The monoisotopic (exact) mass is 282 g/mol. The van der Waals surface area contributed by atoms with E-state index in [2.05, 4.69) is 16.5 Å². The molecule has 1 saturated heterocycles. The molecule has 5 heteroatoms. The van der Waals surface area contributed by atoms with Gasteiger partial charge in [-0.05, 0) is 45.0 Å². The highest BCUT2D eigenvalue weighted by atomic mass is 32.2. The Kier molecular flexibility index (Phi) is 4.60. The highest BCUT2D eigenvalue weighted by Gasteiger charge is 2.24. The van der Waals surface area contributed by atoms with Crippen molar-refractivity contribution in [1.29, 1.82) is 0 Å². The van der Waals surface area contributed by atoms with Crippen LogP contribution >= 0.6 is 0 Å². The second-order valence-corrected chi connectivity index (χ2v) is 6.86. The summed E-state index contributed by atoms with van der Waals surface area (Å²) >= 11 is 0. The number of hydrogen-bond donors (Lipinski definition) is 1. The molecule has 0 radical (unpaired) electrons. The van der Waals surface area contributed by atoms with Crippen molar-refractivity contribution in [2.75, 3.05) is 19.6 Å². The molecule has 4 nitrogen and oxygen atoms in total. The molecule has 19 heavy (non-hydrogen) atoms. The zero-order valence-electron chi connectivity index (χ0n) is 11.6. The minimum Gasteiger partial charge on any atom is -0.299 e. The number of likely N-dealkylation sites (N-methyl/N-ethyl adjacent to an activating group) is 1. The van der Waals surface area contributed by atoms with E-state index in [0.717, 1.165) is 31.5 Å². The van der Waals surface area contributed by atoms with Crippen LogP contribution in [0.1, 0.15) is 25.3 Å². The van der Waals surface area contributed by atoms with Crippen LogP contribution in [-0.2, 0) is 10.0 Å². The van der Waals surface area contributed by atoms with Crippen LogP contribution in [0.3, 0.4) is 0 Å². The van der Waals surface area contributed by atoms with Crippen LogP contribution in [0.5, 0.6) is 0 Å². The van der Waals surface area contributed by atoms with Crippen LogP contribution in [0.15, 0.2) is 29.2 Å². The Hall–Kier alpha value is -0.910. The Bertz CT molecular complexity index is 511. The molecule has 2 rings (SSSR count). The maximum absolute atomic E-state index is 12.2. The summed E-state index contributed by atoms with van der Waals surface area (Å²) in [4.78, 5) is 2.68. The summed E-state index contributed by atoms with van der Waals surface area (Å²) in [5, 5.41) is 0. The summed E-state index contributed by atoms with van der Waals surface area (Å²) in [5.41, 5.74) is 1.06. The lowest BCUT2D eigenvalue weighted by atomic mass is 10.2. The van der Waals surface area contributed by atoms with Gasteiger partial charge in [0.25, 0.3) is 0 Å². The molecule has 1 heterocycles. The van der Waals surface area contributed by atoms with E-state index in [1.807, 2.05) is 19.1 Å². The second-order valence-electron chi connectivity index (χ2n) is 5.09. The lowest BCUT2D eigenvalue weighted by Gasteiger charge is -2.22. The van der Waals surface area contributed by atoms with Gasteiger partial charge in [-0.3, -0.25) is 4.90 Å². The van der Waals surface area contributed by atoms with E-state index >= 15 is 0 Å². The smallest absolute Gasteiger partial charge is 0.240 e. The fourth-order valence-corrected chi connectivity index (χ4v) is 3.62. The Labute approximate surface area is 115 Å². The van der Waals surface area contributed by atoms with Crippen LogP contribution in [0, 0.1) is 6.92 Å². The molecule has 1 aromatic carbocycles. The fraction of sp³-hybridized carbons (Fsp3) is 0.571. The molecular weight excluding hydrogens is 260 g/mol. The van der Waals surface area contributed by atoms with Gasteiger partial charge in [-0.2, -0.15) is 0 Å². The van der Waals surface area contributed by atoms with Gasteiger partial charge in [0.2, 0.25) is 10.0 Å². The van der Waals surface area contributed by atoms with Crippen LogP contribution in [0.2, 0.25) is 0 Å². The number of nitrogens with one attached hydrogen (secondary N) is 1. The molecule has 0 amide bonds. The summed E-state index contributed by atoms with van der Waals surface area (Å²) < 4.78 is 27.1. The Morgan fingerprint density at radius 1 is 1.32 bits per heavy atom. The molecule has 0 aliphatic carbocycles. The van der Waals surface area contributed by atoms with Gasteiger partial charge in [0, 0.05) is 12.6 Å². The third kappa shape index (κ3) is 3.55. The van der Waals surface area contributed by atoms with Crippen molar-refractivity contribution >= 4 is 10.0 Å². The van der Waals surface area contributed by atoms with Gasteiger partial charge < -0.3 is 0 Å². The normalized spacial score (nSPS) is 20.8. The van der Waals surface area contributed by atoms with Crippen LogP contribution in [-0.4, -0.2) is 39.0 Å².